The van der Waals surface area contributed by atoms with E-state index in [0.717, 1.165) is 0 Å². The lowest BCUT2D eigenvalue weighted by Crippen LogP contribution is -2.34. The molecule has 0 aromatic heterocycles. The van der Waals surface area contributed by atoms with E-state index in [9.17, 15) is 9.59 Å². The van der Waals surface area contributed by atoms with Crippen LogP contribution < -0.4 is 15.8 Å². The van der Waals surface area contributed by atoms with E-state index in [1.807, 2.05) is 0 Å². The molecule has 0 unspecified atom stereocenters. The number of urea groups is 1. The number of rotatable bonds is 8. The Hall–Kier alpha value is -2.44. The maximum atomic E-state index is 12.0. The van der Waals surface area contributed by atoms with E-state index >= 15 is 0 Å². The number of carbonyl (C=O) groups excluding carboxylic acids is 2. The number of benzene rings is 2. The standard InChI is InChI=1S/C18H18Cl2N2O4/c19-13-3-1-12(2-4-13)16(22-18(21)24)11-17(23)26-10-9-25-15-7-5-14(20)6-8-15/h1-8,16H,9-11H2,(H3,21,22,24)/t16-/m0/s1. The van der Waals surface area contributed by atoms with Gasteiger partial charge < -0.3 is 20.5 Å². The third-order valence-electron chi connectivity index (χ3n) is 3.39. The van der Waals surface area contributed by atoms with Crippen LogP contribution in [0.5, 0.6) is 5.75 Å². The Morgan fingerprint density at radius 3 is 2.12 bits per heavy atom. The molecule has 0 aliphatic rings. The van der Waals surface area contributed by atoms with E-state index in [0.29, 0.717) is 21.4 Å². The lowest BCUT2D eigenvalue weighted by molar-refractivity contribution is -0.144. The van der Waals surface area contributed by atoms with Crippen LogP contribution >= 0.6 is 23.2 Å². The maximum absolute atomic E-state index is 12.0. The fourth-order valence-corrected chi connectivity index (χ4v) is 2.44. The van der Waals surface area contributed by atoms with Crippen LogP contribution in [0.1, 0.15) is 18.0 Å². The maximum Gasteiger partial charge on any atom is 0.312 e. The zero-order valence-electron chi connectivity index (χ0n) is 13.8. The second-order valence-corrected chi connectivity index (χ2v) is 6.21. The first-order chi connectivity index (χ1) is 12.4. The molecule has 6 nitrogen and oxygen atoms in total. The molecule has 26 heavy (non-hydrogen) atoms. The highest BCUT2D eigenvalue weighted by molar-refractivity contribution is 6.30. The minimum absolute atomic E-state index is 0.0640. The number of halogens is 2. The molecule has 0 aliphatic carbocycles. The smallest absolute Gasteiger partial charge is 0.312 e. The van der Waals surface area contributed by atoms with Crippen molar-refractivity contribution in [3.8, 4) is 5.75 Å². The molecule has 0 radical (unpaired) electrons. The number of nitrogens with one attached hydrogen (secondary N) is 1. The van der Waals surface area contributed by atoms with E-state index in [4.69, 9.17) is 38.4 Å². The molecule has 3 N–H and O–H groups in total. The van der Waals surface area contributed by atoms with E-state index in [2.05, 4.69) is 5.32 Å². The molecule has 8 heteroatoms. The first-order valence-corrected chi connectivity index (χ1v) is 8.55. The molecule has 0 heterocycles. The number of amides is 2. The summed E-state index contributed by atoms with van der Waals surface area (Å²) in [5.74, 6) is 0.137. The molecule has 2 amide bonds. The highest BCUT2D eigenvalue weighted by Gasteiger charge is 2.18. The van der Waals surface area contributed by atoms with Gasteiger partial charge in [-0.3, -0.25) is 4.79 Å². The van der Waals surface area contributed by atoms with Gasteiger partial charge in [-0.25, -0.2) is 4.79 Å². The van der Waals surface area contributed by atoms with Gasteiger partial charge in [-0.05, 0) is 42.0 Å². The molecule has 0 spiro atoms. The van der Waals surface area contributed by atoms with E-state index in [1.165, 1.54) is 0 Å². The fraction of sp³-hybridized carbons (Fsp3) is 0.222. The summed E-state index contributed by atoms with van der Waals surface area (Å²) >= 11 is 11.6. The Morgan fingerprint density at radius 1 is 0.962 bits per heavy atom. The van der Waals surface area contributed by atoms with Crippen LogP contribution in [0, 0.1) is 0 Å². The van der Waals surface area contributed by atoms with Crippen LogP contribution in [-0.4, -0.2) is 25.2 Å². The fourth-order valence-electron chi connectivity index (χ4n) is 2.19. The minimum atomic E-state index is -0.733. The third-order valence-corrected chi connectivity index (χ3v) is 3.89. The molecular formula is C18H18Cl2N2O4. The Balaban J connectivity index is 1.81. The first kappa shape index (κ1) is 19.9. The van der Waals surface area contributed by atoms with Crippen LogP contribution in [0.2, 0.25) is 10.0 Å². The summed E-state index contributed by atoms with van der Waals surface area (Å²) in [5.41, 5.74) is 5.87. The number of esters is 1. The number of primary amides is 1. The molecule has 0 saturated heterocycles. The van der Waals surface area contributed by atoms with Gasteiger partial charge in [-0.15, -0.1) is 0 Å². The highest BCUT2D eigenvalue weighted by atomic mass is 35.5. The number of hydrogen-bond acceptors (Lipinski definition) is 4. The Morgan fingerprint density at radius 2 is 1.54 bits per heavy atom. The van der Waals surface area contributed by atoms with Crippen LogP contribution in [0.25, 0.3) is 0 Å². The molecule has 2 aromatic carbocycles. The average molecular weight is 397 g/mol. The topological polar surface area (TPSA) is 90.7 Å². The van der Waals surface area contributed by atoms with E-state index in [-0.39, 0.29) is 19.6 Å². The molecule has 2 rings (SSSR count). The summed E-state index contributed by atoms with van der Waals surface area (Å²) in [6.45, 7) is 0.271. The second kappa shape index (κ2) is 9.89. The van der Waals surface area contributed by atoms with E-state index in [1.54, 1.807) is 48.5 Å². The molecule has 1 atom stereocenters. The van der Waals surface area contributed by atoms with Crippen molar-refractivity contribution in [2.75, 3.05) is 13.2 Å². The summed E-state index contributed by atoms with van der Waals surface area (Å²) in [6.07, 6.45) is -0.0640. The van der Waals surface area contributed by atoms with Gasteiger partial charge in [-0.1, -0.05) is 35.3 Å². The quantitative estimate of drug-likeness (QED) is 0.525. The summed E-state index contributed by atoms with van der Waals surface area (Å²) in [5, 5.41) is 3.68. The van der Waals surface area contributed by atoms with Crippen molar-refractivity contribution in [2.24, 2.45) is 5.73 Å². The molecule has 0 aliphatic heterocycles. The van der Waals surface area contributed by atoms with Crippen molar-refractivity contribution in [3.05, 3.63) is 64.1 Å². The van der Waals surface area contributed by atoms with Gasteiger partial charge in [0.2, 0.25) is 0 Å². The third kappa shape index (κ3) is 6.82. The molecular weight excluding hydrogens is 379 g/mol. The van der Waals surface area contributed by atoms with Gasteiger partial charge in [0, 0.05) is 10.0 Å². The zero-order chi connectivity index (χ0) is 18.9. The molecule has 0 bridgehead atoms. The monoisotopic (exact) mass is 396 g/mol. The van der Waals surface area contributed by atoms with Crippen LogP contribution in [0.3, 0.4) is 0 Å². The lowest BCUT2D eigenvalue weighted by atomic mass is 10.0. The highest BCUT2D eigenvalue weighted by Crippen LogP contribution is 2.20. The van der Waals surface area contributed by atoms with Crippen molar-refractivity contribution in [1.82, 2.24) is 5.32 Å². The van der Waals surface area contributed by atoms with Gasteiger partial charge in [0.1, 0.15) is 19.0 Å². The summed E-state index contributed by atoms with van der Waals surface area (Å²) in [7, 11) is 0. The van der Waals surface area contributed by atoms with Gasteiger partial charge >= 0.3 is 12.0 Å². The number of carbonyl (C=O) groups is 2. The largest absolute Gasteiger partial charge is 0.490 e. The van der Waals surface area contributed by atoms with Crippen molar-refractivity contribution in [2.45, 2.75) is 12.5 Å². The molecule has 0 saturated carbocycles. The van der Waals surface area contributed by atoms with E-state index < -0.39 is 18.0 Å². The normalized spacial score (nSPS) is 11.5. The Kier molecular flexibility index (Phi) is 7.56. The lowest BCUT2D eigenvalue weighted by Gasteiger charge is -2.17. The van der Waals surface area contributed by atoms with Crippen molar-refractivity contribution < 1.29 is 19.1 Å². The van der Waals surface area contributed by atoms with Crippen LogP contribution in [0.15, 0.2) is 48.5 Å². The summed E-state index contributed by atoms with van der Waals surface area (Å²) < 4.78 is 10.6. The van der Waals surface area contributed by atoms with Gasteiger partial charge in [-0.2, -0.15) is 0 Å². The second-order valence-electron chi connectivity index (χ2n) is 5.34. The predicted molar refractivity (Wildman–Crippen MR) is 99.4 cm³/mol. The Labute approximate surface area is 161 Å². The molecule has 0 fully saturated rings. The predicted octanol–water partition coefficient (Wildman–Crippen LogP) is 3.72. The van der Waals surface area contributed by atoms with Crippen molar-refractivity contribution in [1.29, 1.82) is 0 Å². The minimum Gasteiger partial charge on any atom is -0.490 e. The summed E-state index contributed by atoms with van der Waals surface area (Å²) in [6, 6.07) is 12.3. The van der Waals surface area contributed by atoms with Gasteiger partial charge in [0.25, 0.3) is 0 Å². The molecule has 138 valence electrons. The van der Waals surface area contributed by atoms with Gasteiger partial charge in [0.15, 0.2) is 0 Å². The Bertz CT molecular complexity index is 736. The van der Waals surface area contributed by atoms with Crippen molar-refractivity contribution in [3.63, 3.8) is 0 Å². The summed E-state index contributed by atoms with van der Waals surface area (Å²) in [4.78, 5) is 23.2. The number of ether oxygens (including phenoxy) is 2. The first-order valence-electron chi connectivity index (χ1n) is 7.79. The zero-order valence-corrected chi connectivity index (χ0v) is 15.3. The van der Waals surface area contributed by atoms with Crippen LogP contribution in [-0.2, 0) is 9.53 Å². The average Bonchev–Trinajstić information content (AvgIpc) is 2.60. The SMILES string of the molecule is NC(=O)N[C@@H](CC(=O)OCCOc1ccc(Cl)cc1)c1ccc(Cl)cc1. The van der Waals surface area contributed by atoms with Crippen LogP contribution in [0.4, 0.5) is 4.79 Å². The van der Waals surface area contributed by atoms with Gasteiger partial charge in [0.05, 0.1) is 12.5 Å². The molecule has 2 aromatic rings. The number of nitrogens with two attached hydrogens (primary N) is 1. The number of hydrogen-bond donors (Lipinski definition) is 2. The van der Waals surface area contributed by atoms with Crippen molar-refractivity contribution >= 4 is 35.2 Å².